The summed E-state index contributed by atoms with van der Waals surface area (Å²) in [5, 5.41) is 2.91. The van der Waals surface area contributed by atoms with Gasteiger partial charge in [0, 0.05) is 35.5 Å². The summed E-state index contributed by atoms with van der Waals surface area (Å²) in [6.45, 7) is 3.01. The SMILES string of the molecule is COc1cc2c(cc1OC)CN(CCCCc1ccc(NC(=O)c3cccc(C(=O)c4ccc(F)cc4)c3)cc1)CC2. The number of carbonyl (C=O) groups is 2. The monoisotopic (exact) mass is 566 g/mol. The lowest BCUT2D eigenvalue weighted by molar-refractivity contribution is 0.102. The lowest BCUT2D eigenvalue weighted by Crippen LogP contribution is -2.31. The molecule has 0 saturated carbocycles. The Morgan fingerprint density at radius 2 is 1.50 bits per heavy atom. The summed E-state index contributed by atoms with van der Waals surface area (Å²) in [7, 11) is 3.35. The lowest BCUT2D eigenvalue weighted by Gasteiger charge is -2.29. The van der Waals surface area contributed by atoms with Gasteiger partial charge in [0.25, 0.3) is 5.91 Å². The van der Waals surface area contributed by atoms with Gasteiger partial charge in [0.1, 0.15) is 5.82 Å². The second-order valence-electron chi connectivity index (χ2n) is 10.5. The summed E-state index contributed by atoms with van der Waals surface area (Å²) in [5.74, 6) is 0.608. The normalized spacial score (nSPS) is 12.8. The van der Waals surface area contributed by atoms with Crippen molar-refractivity contribution in [2.45, 2.75) is 32.2 Å². The highest BCUT2D eigenvalue weighted by Crippen LogP contribution is 2.33. The molecule has 1 amide bonds. The number of nitrogens with zero attached hydrogens (tertiary/aromatic N) is 1. The van der Waals surface area contributed by atoms with Gasteiger partial charge < -0.3 is 14.8 Å². The average Bonchev–Trinajstić information content (AvgIpc) is 3.03. The molecule has 0 saturated heterocycles. The number of hydrogen-bond donors (Lipinski definition) is 1. The highest BCUT2D eigenvalue weighted by Gasteiger charge is 2.19. The molecule has 1 heterocycles. The van der Waals surface area contributed by atoms with Crippen LogP contribution in [0.2, 0.25) is 0 Å². The fraction of sp³-hybridized carbons (Fsp3) is 0.257. The first-order chi connectivity index (χ1) is 20.4. The molecule has 0 unspecified atom stereocenters. The highest BCUT2D eigenvalue weighted by molar-refractivity contribution is 6.11. The van der Waals surface area contributed by atoms with Gasteiger partial charge in [0.05, 0.1) is 14.2 Å². The number of fused-ring (bicyclic) bond motifs is 1. The number of benzene rings is 4. The smallest absolute Gasteiger partial charge is 0.255 e. The maximum Gasteiger partial charge on any atom is 0.255 e. The van der Waals surface area contributed by atoms with Gasteiger partial charge in [-0.1, -0.05) is 24.3 Å². The van der Waals surface area contributed by atoms with Crippen molar-refractivity contribution in [3.63, 3.8) is 0 Å². The van der Waals surface area contributed by atoms with Gasteiger partial charge in [-0.3, -0.25) is 14.5 Å². The van der Waals surface area contributed by atoms with Gasteiger partial charge in [0.15, 0.2) is 17.3 Å². The van der Waals surface area contributed by atoms with Crippen molar-refractivity contribution in [1.82, 2.24) is 4.90 Å². The molecule has 0 aromatic heterocycles. The summed E-state index contributed by atoms with van der Waals surface area (Å²) >= 11 is 0. The number of ketones is 1. The van der Waals surface area contributed by atoms with Crippen LogP contribution in [0.25, 0.3) is 0 Å². The predicted octanol–water partition coefficient (Wildman–Crippen LogP) is 6.71. The molecule has 4 aromatic carbocycles. The van der Waals surface area contributed by atoms with E-state index in [1.165, 1.54) is 41.0 Å². The molecule has 0 aliphatic carbocycles. The molecular formula is C35H35FN2O4. The van der Waals surface area contributed by atoms with Crippen LogP contribution >= 0.6 is 0 Å². The van der Waals surface area contributed by atoms with Crippen LogP contribution in [-0.2, 0) is 19.4 Å². The first-order valence-electron chi connectivity index (χ1n) is 14.2. The van der Waals surface area contributed by atoms with Gasteiger partial charge in [-0.15, -0.1) is 0 Å². The molecule has 7 heteroatoms. The first-order valence-corrected chi connectivity index (χ1v) is 14.2. The fourth-order valence-electron chi connectivity index (χ4n) is 5.32. The second kappa shape index (κ2) is 13.4. The summed E-state index contributed by atoms with van der Waals surface area (Å²) in [5.41, 5.74) is 5.68. The summed E-state index contributed by atoms with van der Waals surface area (Å²) in [6.07, 6.45) is 4.17. The molecule has 4 aromatic rings. The Labute approximate surface area is 246 Å². The molecule has 0 atom stereocenters. The number of ether oxygens (including phenoxy) is 2. The van der Waals surface area contributed by atoms with E-state index in [0.717, 1.165) is 56.8 Å². The van der Waals surface area contributed by atoms with Crippen LogP contribution in [0.4, 0.5) is 10.1 Å². The Bertz CT molecular complexity index is 1550. The number of anilines is 1. The minimum absolute atomic E-state index is 0.264. The Balaban J connectivity index is 1.09. The Morgan fingerprint density at radius 1 is 0.810 bits per heavy atom. The number of unbranched alkanes of at least 4 members (excludes halogenated alkanes) is 1. The number of aryl methyl sites for hydroxylation is 1. The van der Waals surface area contributed by atoms with Crippen LogP contribution in [0.5, 0.6) is 11.5 Å². The highest BCUT2D eigenvalue weighted by atomic mass is 19.1. The number of methoxy groups -OCH3 is 2. The Kier molecular flexibility index (Phi) is 9.29. The van der Waals surface area contributed by atoms with E-state index in [1.807, 2.05) is 24.3 Å². The van der Waals surface area contributed by atoms with Crippen LogP contribution in [0.3, 0.4) is 0 Å². The molecule has 1 aliphatic rings. The van der Waals surface area contributed by atoms with E-state index in [2.05, 4.69) is 22.3 Å². The van der Waals surface area contributed by atoms with Crippen molar-refractivity contribution in [2.24, 2.45) is 0 Å². The van der Waals surface area contributed by atoms with E-state index >= 15 is 0 Å². The van der Waals surface area contributed by atoms with Crippen molar-refractivity contribution in [3.05, 3.63) is 124 Å². The molecule has 5 rings (SSSR count). The van der Waals surface area contributed by atoms with Gasteiger partial charge in [-0.25, -0.2) is 4.39 Å². The zero-order valence-corrected chi connectivity index (χ0v) is 24.0. The van der Waals surface area contributed by atoms with Crippen molar-refractivity contribution in [2.75, 3.05) is 32.6 Å². The van der Waals surface area contributed by atoms with Crippen molar-refractivity contribution < 1.29 is 23.5 Å². The molecule has 0 spiro atoms. The first kappa shape index (κ1) is 29.0. The fourth-order valence-corrected chi connectivity index (χ4v) is 5.32. The van der Waals surface area contributed by atoms with Gasteiger partial charge in [0.2, 0.25) is 0 Å². The molecule has 0 radical (unpaired) electrons. The van der Waals surface area contributed by atoms with E-state index in [0.29, 0.717) is 22.4 Å². The Morgan fingerprint density at radius 3 is 2.21 bits per heavy atom. The second-order valence-corrected chi connectivity index (χ2v) is 10.5. The summed E-state index contributed by atoms with van der Waals surface area (Å²) < 4.78 is 24.1. The largest absolute Gasteiger partial charge is 0.493 e. The number of hydrogen-bond acceptors (Lipinski definition) is 5. The van der Waals surface area contributed by atoms with Crippen molar-refractivity contribution in [1.29, 1.82) is 0 Å². The van der Waals surface area contributed by atoms with Crippen LogP contribution in [0, 0.1) is 5.82 Å². The quantitative estimate of drug-likeness (QED) is 0.162. The molecule has 0 bridgehead atoms. The summed E-state index contributed by atoms with van der Waals surface area (Å²) in [6, 6.07) is 24.0. The van der Waals surface area contributed by atoms with E-state index < -0.39 is 5.82 Å². The third-order valence-corrected chi connectivity index (χ3v) is 7.69. The van der Waals surface area contributed by atoms with Gasteiger partial charge in [-0.2, -0.15) is 0 Å². The standard InChI is InChI=1S/C35H35FN2O4/c1-41-32-21-26-17-19-38(23-29(26)22-33(32)42-2)18-4-3-6-24-9-15-31(16-10-24)37-35(40)28-8-5-7-27(20-28)34(39)25-11-13-30(36)14-12-25/h5,7-16,20-22H,3-4,6,17-19,23H2,1-2H3,(H,37,40). The minimum atomic E-state index is -0.404. The Hall–Kier alpha value is -4.49. The lowest BCUT2D eigenvalue weighted by atomic mass is 9.98. The number of amides is 1. The molecule has 1 aliphatic heterocycles. The zero-order chi connectivity index (χ0) is 29.5. The maximum absolute atomic E-state index is 13.2. The molecule has 42 heavy (non-hydrogen) atoms. The number of rotatable bonds is 11. The number of carbonyl (C=O) groups excluding carboxylic acids is 2. The molecule has 0 fully saturated rings. The van der Waals surface area contributed by atoms with E-state index in [1.54, 1.807) is 38.5 Å². The topological polar surface area (TPSA) is 67.9 Å². The zero-order valence-electron chi connectivity index (χ0n) is 24.0. The molecule has 1 N–H and O–H groups in total. The van der Waals surface area contributed by atoms with Crippen LogP contribution < -0.4 is 14.8 Å². The van der Waals surface area contributed by atoms with E-state index in [-0.39, 0.29) is 11.7 Å². The number of nitrogens with one attached hydrogen (secondary N) is 1. The van der Waals surface area contributed by atoms with Crippen LogP contribution in [0.15, 0.2) is 84.9 Å². The third kappa shape index (κ3) is 7.04. The van der Waals surface area contributed by atoms with Crippen molar-refractivity contribution in [3.8, 4) is 11.5 Å². The van der Waals surface area contributed by atoms with Crippen LogP contribution in [0.1, 0.15) is 55.8 Å². The van der Waals surface area contributed by atoms with E-state index in [9.17, 15) is 14.0 Å². The molecule has 6 nitrogen and oxygen atoms in total. The van der Waals surface area contributed by atoms with Gasteiger partial charge >= 0.3 is 0 Å². The molecule has 216 valence electrons. The average molecular weight is 567 g/mol. The minimum Gasteiger partial charge on any atom is -0.493 e. The van der Waals surface area contributed by atoms with Gasteiger partial charge in [-0.05, 0) is 110 Å². The predicted molar refractivity (Wildman–Crippen MR) is 162 cm³/mol. The third-order valence-electron chi connectivity index (χ3n) is 7.69. The van der Waals surface area contributed by atoms with Crippen molar-refractivity contribution >= 4 is 17.4 Å². The van der Waals surface area contributed by atoms with Crippen LogP contribution in [-0.4, -0.2) is 43.9 Å². The summed E-state index contributed by atoms with van der Waals surface area (Å²) in [4.78, 5) is 28.1. The van der Waals surface area contributed by atoms with E-state index in [4.69, 9.17) is 9.47 Å². The number of halogens is 1. The molecular weight excluding hydrogens is 531 g/mol. The maximum atomic E-state index is 13.2.